The summed E-state index contributed by atoms with van der Waals surface area (Å²) in [5, 5.41) is 0. The highest BCUT2D eigenvalue weighted by Gasteiger charge is 2.08. The smallest absolute Gasteiger partial charge is 0.140 e. The molecule has 3 aromatic rings. The SMILES string of the molecule is Cc1c(-c2ccccc2)[nH]c(-c2cccnc2)nc1=S. The number of benzene rings is 1. The lowest BCUT2D eigenvalue weighted by Gasteiger charge is -2.09. The van der Waals surface area contributed by atoms with E-state index >= 15 is 0 Å². The van der Waals surface area contributed by atoms with Crippen LogP contribution in [-0.2, 0) is 0 Å². The van der Waals surface area contributed by atoms with Gasteiger partial charge in [0.2, 0.25) is 0 Å². The molecule has 0 radical (unpaired) electrons. The quantitative estimate of drug-likeness (QED) is 0.716. The molecule has 98 valence electrons. The minimum atomic E-state index is 0.612. The van der Waals surface area contributed by atoms with Crippen LogP contribution in [0.15, 0.2) is 54.9 Å². The van der Waals surface area contributed by atoms with Gasteiger partial charge in [0, 0.05) is 23.5 Å². The Morgan fingerprint density at radius 1 is 1.00 bits per heavy atom. The van der Waals surface area contributed by atoms with Crippen molar-refractivity contribution in [3.05, 3.63) is 65.1 Å². The van der Waals surface area contributed by atoms with Crippen molar-refractivity contribution in [2.75, 3.05) is 0 Å². The molecule has 20 heavy (non-hydrogen) atoms. The van der Waals surface area contributed by atoms with Crippen LogP contribution < -0.4 is 0 Å². The topological polar surface area (TPSA) is 41.6 Å². The summed E-state index contributed by atoms with van der Waals surface area (Å²) in [5.74, 6) is 0.743. The Hall–Kier alpha value is -2.33. The molecule has 0 amide bonds. The molecular weight excluding hydrogens is 266 g/mol. The number of pyridine rings is 1. The lowest BCUT2D eigenvalue weighted by atomic mass is 10.1. The lowest BCUT2D eigenvalue weighted by molar-refractivity contribution is 1.12. The summed E-state index contributed by atoms with van der Waals surface area (Å²) in [6.45, 7) is 1.99. The van der Waals surface area contributed by atoms with Gasteiger partial charge in [-0.2, -0.15) is 0 Å². The summed E-state index contributed by atoms with van der Waals surface area (Å²) in [7, 11) is 0. The predicted octanol–water partition coefficient (Wildman–Crippen LogP) is 4.18. The zero-order valence-corrected chi connectivity index (χ0v) is 11.8. The number of hydrogen-bond acceptors (Lipinski definition) is 3. The maximum atomic E-state index is 5.38. The van der Waals surface area contributed by atoms with Gasteiger partial charge in [-0.15, -0.1) is 0 Å². The van der Waals surface area contributed by atoms with Crippen LogP contribution in [-0.4, -0.2) is 15.0 Å². The summed E-state index contributed by atoms with van der Waals surface area (Å²) < 4.78 is 0.612. The van der Waals surface area contributed by atoms with Crippen LogP contribution in [0.25, 0.3) is 22.6 Å². The maximum Gasteiger partial charge on any atom is 0.140 e. The van der Waals surface area contributed by atoms with E-state index in [0.29, 0.717) is 4.64 Å². The first kappa shape index (κ1) is 12.7. The standard InChI is InChI=1S/C16H13N3S/c1-11-14(12-6-3-2-4-7-12)18-15(19-16(11)20)13-8-5-9-17-10-13/h2-10H,1H3,(H,18,19,20). The molecule has 0 aliphatic rings. The number of nitrogens with one attached hydrogen (secondary N) is 1. The Bertz CT molecular complexity index is 780. The molecule has 0 fully saturated rings. The second-order valence-electron chi connectivity index (χ2n) is 4.50. The zero-order chi connectivity index (χ0) is 13.9. The van der Waals surface area contributed by atoms with Crippen molar-refractivity contribution in [3.8, 4) is 22.6 Å². The maximum absolute atomic E-state index is 5.38. The summed E-state index contributed by atoms with van der Waals surface area (Å²) >= 11 is 5.38. The second-order valence-corrected chi connectivity index (χ2v) is 4.88. The number of aromatic nitrogens is 3. The fourth-order valence-electron chi connectivity index (χ4n) is 2.07. The fourth-order valence-corrected chi connectivity index (χ4v) is 2.26. The normalized spacial score (nSPS) is 10.4. The van der Waals surface area contributed by atoms with E-state index in [1.54, 1.807) is 12.4 Å². The summed E-state index contributed by atoms with van der Waals surface area (Å²) in [6, 6.07) is 14.0. The summed E-state index contributed by atoms with van der Waals surface area (Å²) in [4.78, 5) is 11.9. The third-order valence-electron chi connectivity index (χ3n) is 3.15. The van der Waals surface area contributed by atoms with Gasteiger partial charge < -0.3 is 4.98 Å². The molecule has 0 saturated heterocycles. The molecule has 0 saturated carbocycles. The molecule has 2 heterocycles. The molecule has 1 aromatic carbocycles. The summed E-state index contributed by atoms with van der Waals surface area (Å²) in [6.07, 6.45) is 3.52. The molecule has 0 spiro atoms. The highest BCUT2D eigenvalue weighted by Crippen LogP contribution is 2.24. The van der Waals surface area contributed by atoms with Gasteiger partial charge in [0.15, 0.2) is 0 Å². The molecule has 3 nitrogen and oxygen atoms in total. The van der Waals surface area contributed by atoms with Gasteiger partial charge in [-0.3, -0.25) is 4.98 Å². The first-order valence-electron chi connectivity index (χ1n) is 6.32. The van der Waals surface area contributed by atoms with Gasteiger partial charge in [-0.05, 0) is 24.6 Å². The monoisotopic (exact) mass is 279 g/mol. The first-order valence-corrected chi connectivity index (χ1v) is 6.73. The van der Waals surface area contributed by atoms with E-state index in [1.807, 2.05) is 37.3 Å². The summed E-state index contributed by atoms with van der Waals surface area (Å²) in [5.41, 5.74) is 4.02. The average Bonchev–Trinajstić information content (AvgIpc) is 2.51. The highest BCUT2D eigenvalue weighted by atomic mass is 32.1. The van der Waals surface area contributed by atoms with Crippen LogP contribution >= 0.6 is 12.2 Å². The number of aromatic amines is 1. The molecule has 4 heteroatoms. The molecule has 3 rings (SSSR count). The average molecular weight is 279 g/mol. The number of nitrogens with zero attached hydrogens (tertiary/aromatic N) is 2. The number of hydrogen-bond donors (Lipinski definition) is 1. The molecule has 0 aliphatic carbocycles. The van der Waals surface area contributed by atoms with Crippen molar-refractivity contribution >= 4 is 12.2 Å². The van der Waals surface area contributed by atoms with Gasteiger partial charge in [0.1, 0.15) is 10.5 Å². The minimum absolute atomic E-state index is 0.612. The Morgan fingerprint density at radius 2 is 1.75 bits per heavy atom. The predicted molar refractivity (Wildman–Crippen MR) is 82.8 cm³/mol. The molecule has 1 N–H and O–H groups in total. The third-order valence-corrected chi connectivity index (χ3v) is 3.55. The van der Waals surface area contributed by atoms with Crippen LogP contribution in [0.2, 0.25) is 0 Å². The van der Waals surface area contributed by atoms with Gasteiger partial charge in [0.05, 0.1) is 5.69 Å². The Morgan fingerprint density at radius 3 is 2.45 bits per heavy atom. The van der Waals surface area contributed by atoms with Crippen molar-refractivity contribution in [1.82, 2.24) is 15.0 Å². The van der Waals surface area contributed by atoms with Gasteiger partial charge in [0.25, 0.3) is 0 Å². The van der Waals surface area contributed by atoms with E-state index in [-0.39, 0.29) is 0 Å². The van der Waals surface area contributed by atoms with E-state index in [0.717, 1.165) is 28.2 Å². The molecule has 0 unspecified atom stereocenters. The van der Waals surface area contributed by atoms with Crippen LogP contribution in [0.4, 0.5) is 0 Å². The van der Waals surface area contributed by atoms with Crippen LogP contribution in [0, 0.1) is 11.6 Å². The number of rotatable bonds is 2. The molecular formula is C16H13N3S. The van der Waals surface area contributed by atoms with E-state index in [9.17, 15) is 0 Å². The van der Waals surface area contributed by atoms with Crippen molar-refractivity contribution in [1.29, 1.82) is 0 Å². The van der Waals surface area contributed by atoms with Crippen LogP contribution in [0.3, 0.4) is 0 Å². The van der Waals surface area contributed by atoms with Crippen molar-refractivity contribution < 1.29 is 0 Å². The van der Waals surface area contributed by atoms with Gasteiger partial charge in [-0.1, -0.05) is 42.5 Å². The molecule has 0 aliphatic heterocycles. The Balaban J connectivity index is 2.22. The van der Waals surface area contributed by atoms with E-state index in [1.165, 1.54) is 0 Å². The van der Waals surface area contributed by atoms with Gasteiger partial charge in [-0.25, -0.2) is 4.98 Å². The van der Waals surface area contributed by atoms with E-state index < -0.39 is 0 Å². The zero-order valence-electron chi connectivity index (χ0n) is 11.0. The first-order chi connectivity index (χ1) is 9.75. The highest BCUT2D eigenvalue weighted by molar-refractivity contribution is 7.71. The molecule has 0 bridgehead atoms. The second kappa shape index (κ2) is 5.35. The van der Waals surface area contributed by atoms with Crippen molar-refractivity contribution in [3.63, 3.8) is 0 Å². The number of H-pyrrole nitrogens is 1. The Kier molecular flexibility index (Phi) is 3.39. The van der Waals surface area contributed by atoms with Crippen molar-refractivity contribution in [2.45, 2.75) is 6.92 Å². The fraction of sp³-hybridized carbons (Fsp3) is 0.0625. The third kappa shape index (κ3) is 2.38. The van der Waals surface area contributed by atoms with Crippen LogP contribution in [0.5, 0.6) is 0 Å². The van der Waals surface area contributed by atoms with Gasteiger partial charge >= 0.3 is 0 Å². The largest absolute Gasteiger partial charge is 0.339 e. The van der Waals surface area contributed by atoms with Crippen LogP contribution in [0.1, 0.15) is 5.56 Å². The molecule has 2 aromatic heterocycles. The van der Waals surface area contributed by atoms with Crippen molar-refractivity contribution in [2.24, 2.45) is 0 Å². The van der Waals surface area contributed by atoms with E-state index in [4.69, 9.17) is 12.2 Å². The minimum Gasteiger partial charge on any atom is -0.339 e. The van der Waals surface area contributed by atoms with E-state index in [2.05, 4.69) is 27.1 Å². The molecule has 0 atom stereocenters. The Labute approximate surface area is 122 Å². The lowest BCUT2D eigenvalue weighted by Crippen LogP contribution is -1.97.